The minimum Gasteiger partial charge on any atom is -0.195 e. The van der Waals surface area contributed by atoms with Gasteiger partial charge in [0.1, 0.15) is 0 Å². The fourth-order valence-corrected chi connectivity index (χ4v) is 3.40. The Bertz CT molecular complexity index is 271. The molecular formula is C8H16N2O2S. The molecule has 76 valence electrons. The molecule has 2 aliphatic rings. The third kappa shape index (κ3) is 1.73. The van der Waals surface area contributed by atoms with Crippen LogP contribution in [0.25, 0.3) is 0 Å². The number of hydrogen-bond acceptors (Lipinski definition) is 2. The highest BCUT2D eigenvalue weighted by atomic mass is 32.2. The molecule has 1 heterocycles. The molecular weight excluding hydrogens is 188 g/mol. The van der Waals surface area contributed by atoms with Crippen LogP contribution in [0.5, 0.6) is 0 Å². The van der Waals surface area contributed by atoms with E-state index in [0.29, 0.717) is 13.1 Å². The van der Waals surface area contributed by atoms with Gasteiger partial charge in [0, 0.05) is 26.2 Å². The van der Waals surface area contributed by atoms with Crippen molar-refractivity contribution in [2.24, 2.45) is 0 Å². The second-order valence-corrected chi connectivity index (χ2v) is 5.85. The van der Waals surface area contributed by atoms with Gasteiger partial charge in [-0.3, -0.25) is 0 Å². The lowest BCUT2D eigenvalue weighted by molar-refractivity contribution is 0.390. The number of rotatable bonds is 3. The van der Waals surface area contributed by atoms with E-state index in [2.05, 4.69) is 0 Å². The molecule has 1 saturated heterocycles. The Labute approximate surface area is 79.7 Å². The van der Waals surface area contributed by atoms with E-state index < -0.39 is 10.2 Å². The van der Waals surface area contributed by atoms with Crippen molar-refractivity contribution >= 4 is 10.2 Å². The maximum Gasteiger partial charge on any atom is 0.281 e. The summed E-state index contributed by atoms with van der Waals surface area (Å²) < 4.78 is 26.9. The van der Waals surface area contributed by atoms with Gasteiger partial charge >= 0.3 is 0 Å². The lowest BCUT2D eigenvalue weighted by Crippen LogP contribution is -2.41. The van der Waals surface area contributed by atoms with Gasteiger partial charge in [-0.2, -0.15) is 17.0 Å². The van der Waals surface area contributed by atoms with Crippen molar-refractivity contribution in [3.63, 3.8) is 0 Å². The van der Waals surface area contributed by atoms with Crippen molar-refractivity contribution in [3.05, 3.63) is 0 Å². The monoisotopic (exact) mass is 204 g/mol. The molecule has 4 nitrogen and oxygen atoms in total. The molecule has 0 N–H and O–H groups in total. The summed E-state index contributed by atoms with van der Waals surface area (Å²) in [5.74, 6) is 0. The molecule has 0 amide bonds. The molecule has 0 unspecified atom stereocenters. The van der Waals surface area contributed by atoms with Gasteiger partial charge in [-0.15, -0.1) is 0 Å². The van der Waals surface area contributed by atoms with E-state index in [4.69, 9.17) is 0 Å². The fourth-order valence-electron chi connectivity index (χ4n) is 1.73. The quantitative estimate of drug-likeness (QED) is 0.668. The van der Waals surface area contributed by atoms with Gasteiger partial charge in [0.25, 0.3) is 10.2 Å². The molecule has 0 aromatic heterocycles. The first-order valence-corrected chi connectivity index (χ1v) is 6.25. The van der Waals surface area contributed by atoms with E-state index in [1.807, 2.05) is 0 Å². The Hall–Kier alpha value is -0.130. The molecule has 0 atom stereocenters. The summed E-state index contributed by atoms with van der Waals surface area (Å²) in [4.78, 5) is 0. The summed E-state index contributed by atoms with van der Waals surface area (Å²) in [6, 6.07) is 0.283. The highest BCUT2D eigenvalue weighted by Gasteiger charge is 2.38. The second kappa shape index (κ2) is 3.22. The predicted octanol–water partition coefficient (Wildman–Crippen LogP) is 0.421. The minimum absolute atomic E-state index is 0.283. The average molecular weight is 204 g/mol. The maximum atomic E-state index is 11.9. The third-order valence-corrected chi connectivity index (χ3v) is 4.86. The van der Waals surface area contributed by atoms with Crippen molar-refractivity contribution in [2.75, 3.05) is 20.1 Å². The van der Waals surface area contributed by atoms with Crippen LogP contribution in [0.4, 0.5) is 0 Å². The molecule has 2 fully saturated rings. The number of nitrogens with zero attached hydrogens (tertiary/aromatic N) is 2. The van der Waals surface area contributed by atoms with Crippen LogP contribution in [0.15, 0.2) is 0 Å². The lowest BCUT2D eigenvalue weighted by Gasteiger charge is -2.23. The molecule has 0 aromatic rings. The average Bonchev–Trinajstić information content (AvgIpc) is 2.78. The molecule has 0 aromatic carbocycles. The Morgan fingerprint density at radius 2 is 1.77 bits per heavy atom. The smallest absolute Gasteiger partial charge is 0.195 e. The zero-order valence-electron chi connectivity index (χ0n) is 7.94. The van der Waals surface area contributed by atoms with Crippen LogP contribution in [0.1, 0.15) is 25.7 Å². The van der Waals surface area contributed by atoms with Gasteiger partial charge < -0.3 is 0 Å². The molecule has 1 aliphatic heterocycles. The fraction of sp³-hybridized carbons (Fsp3) is 1.00. The topological polar surface area (TPSA) is 40.6 Å². The van der Waals surface area contributed by atoms with E-state index in [-0.39, 0.29) is 6.04 Å². The zero-order chi connectivity index (χ0) is 9.47. The third-order valence-electron chi connectivity index (χ3n) is 2.82. The highest BCUT2D eigenvalue weighted by molar-refractivity contribution is 7.86. The van der Waals surface area contributed by atoms with Gasteiger partial charge in [0.15, 0.2) is 0 Å². The lowest BCUT2D eigenvalue weighted by atomic mass is 10.4. The van der Waals surface area contributed by atoms with Gasteiger partial charge in [0.2, 0.25) is 0 Å². The Kier molecular flexibility index (Phi) is 2.33. The van der Waals surface area contributed by atoms with Gasteiger partial charge in [0.05, 0.1) is 0 Å². The summed E-state index contributed by atoms with van der Waals surface area (Å²) in [7, 11) is -1.41. The molecule has 13 heavy (non-hydrogen) atoms. The molecule has 0 bridgehead atoms. The molecule has 2 rings (SSSR count). The summed E-state index contributed by atoms with van der Waals surface area (Å²) in [6.45, 7) is 1.42. The van der Waals surface area contributed by atoms with Crippen molar-refractivity contribution < 1.29 is 8.42 Å². The Morgan fingerprint density at radius 3 is 2.23 bits per heavy atom. The first-order valence-electron chi connectivity index (χ1n) is 4.85. The molecule has 1 saturated carbocycles. The van der Waals surface area contributed by atoms with Gasteiger partial charge in [-0.25, -0.2) is 0 Å². The van der Waals surface area contributed by atoms with E-state index in [1.54, 1.807) is 15.7 Å². The first kappa shape index (κ1) is 9.43. The van der Waals surface area contributed by atoms with Crippen LogP contribution in [-0.2, 0) is 10.2 Å². The molecule has 1 aliphatic carbocycles. The predicted molar refractivity (Wildman–Crippen MR) is 50.5 cm³/mol. The molecule has 5 heteroatoms. The second-order valence-electron chi connectivity index (χ2n) is 3.86. The molecule has 0 spiro atoms. The van der Waals surface area contributed by atoms with Crippen molar-refractivity contribution in [2.45, 2.75) is 31.7 Å². The van der Waals surface area contributed by atoms with Crippen molar-refractivity contribution in [1.82, 2.24) is 8.61 Å². The van der Waals surface area contributed by atoms with Crippen molar-refractivity contribution in [3.8, 4) is 0 Å². The van der Waals surface area contributed by atoms with Crippen molar-refractivity contribution in [1.29, 1.82) is 0 Å². The number of hydrogen-bond donors (Lipinski definition) is 0. The Morgan fingerprint density at radius 1 is 1.23 bits per heavy atom. The minimum atomic E-state index is -3.11. The SMILES string of the molecule is CN(C1CC1)S(=O)(=O)N1CCCC1. The standard InChI is InChI=1S/C8H16N2O2S/c1-9(8-4-5-8)13(11,12)10-6-2-3-7-10/h8H,2-7H2,1H3. The zero-order valence-corrected chi connectivity index (χ0v) is 8.76. The van der Waals surface area contributed by atoms with Crippen LogP contribution in [0, 0.1) is 0 Å². The summed E-state index contributed by atoms with van der Waals surface area (Å²) in [6.07, 6.45) is 4.09. The summed E-state index contributed by atoms with van der Waals surface area (Å²) >= 11 is 0. The highest BCUT2D eigenvalue weighted by Crippen LogP contribution is 2.29. The van der Waals surface area contributed by atoms with Crippen LogP contribution in [-0.4, -0.2) is 43.2 Å². The van der Waals surface area contributed by atoms with E-state index in [9.17, 15) is 8.42 Å². The largest absolute Gasteiger partial charge is 0.281 e. The van der Waals surface area contributed by atoms with Crippen LogP contribution in [0.2, 0.25) is 0 Å². The Balaban J connectivity index is 2.08. The first-order chi connectivity index (χ1) is 6.12. The van der Waals surface area contributed by atoms with Crippen LogP contribution < -0.4 is 0 Å². The maximum absolute atomic E-state index is 11.9. The van der Waals surface area contributed by atoms with Crippen LogP contribution in [0.3, 0.4) is 0 Å². The normalized spacial score (nSPS) is 25.7. The summed E-state index contributed by atoms with van der Waals surface area (Å²) in [5.41, 5.74) is 0. The van der Waals surface area contributed by atoms with E-state index >= 15 is 0 Å². The van der Waals surface area contributed by atoms with Crippen LogP contribution >= 0.6 is 0 Å². The van der Waals surface area contributed by atoms with E-state index in [1.165, 1.54) is 0 Å². The summed E-state index contributed by atoms with van der Waals surface area (Å²) in [5, 5.41) is 0. The van der Waals surface area contributed by atoms with Gasteiger partial charge in [-0.05, 0) is 25.7 Å². The molecule has 0 radical (unpaired) electrons. The van der Waals surface area contributed by atoms with E-state index in [0.717, 1.165) is 25.7 Å². The van der Waals surface area contributed by atoms with Gasteiger partial charge in [-0.1, -0.05) is 0 Å².